The second-order valence-corrected chi connectivity index (χ2v) is 44.4. The molecule has 12 aromatic rings. The van der Waals surface area contributed by atoms with E-state index in [0.29, 0.717) is 0 Å². The summed E-state index contributed by atoms with van der Waals surface area (Å²) in [6.45, 7) is 8.10. The van der Waals surface area contributed by atoms with Crippen LogP contribution in [0.5, 0.6) is 0 Å². The van der Waals surface area contributed by atoms with Crippen molar-refractivity contribution in [3.05, 3.63) is 286 Å². The fraction of sp³-hybridized carbons (Fsp3) is 0.0789. The molecule has 0 aliphatic carbocycles. The minimum atomic E-state index is -2.14. The van der Waals surface area contributed by atoms with Crippen LogP contribution in [0, 0.1) is 0 Å². The molecular formula is C76H66Ge2N2. The van der Waals surface area contributed by atoms with Crippen LogP contribution in [0.15, 0.2) is 280 Å². The summed E-state index contributed by atoms with van der Waals surface area (Å²) in [7, 11) is 0. The summed E-state index contributed by atoms with van der Waals surface area (Å²) in [5, 5.41) is 9.61. The fourth-order valence-electron chi connectivity index (χ4n) is 11.6. The Labute approximate surface area is 478 Å². The van der Waals surface area contributed by atoms with Gasteiger partial charge in [0.05, 0.1) is 0 Å². The van der Waals surface area contributed by atoms with E-state index in [0.717, 1.165) is 45.3 Å². The van der Waals surface area contributed by atoms with E-state index in [1.54, 1.807) is 0 Å². The van der Waals surface area contributed by atoms with E-state index in [-0.39, 0.29) is 0 Å². The van der Waals surface area contributed by atoms with Gasteiger partial charge in [0.2, 0.25) is 0 Å². The molecule has 0 radical (unpaired) electrons. The van der Waals surface area contributed by atoms with Crippen LogP contribution in [0.3, 0.4) is 0 Å². The van der Waals surface area contributed by atoms with Crippen molar-refractivity contribution in [2.75, 3.05) is 9.80 Å². The van der Waals surface area contributed by atoms with E-state index in [9.17, 15) is 0 Å². The monoisotopic (exact) mass is 1150 g/mol. The summed E-state index contributed by atoms with van der Waals surface area (Å²) in [4.78, 5) is 4.87. The van der Waals surface area contributed by atoms with E-state index >= 15 is 0 Å². The summed E-state index contributed by atoms with van der Waals surface area (Å²) in [5.74, 6) is 14.8. The fourth-order valence-corrected chi connectivity index (χ4v) is 16.5. The first-order valence-corrected chi connectivity index (χ1v) is 42.6. The van der Waals surface area contributed by atoms with Crippen LogP contribution in [0.2, 0.25) is 34.5 Å². The van der Waals surface area contributed by atoms with Crippen LogP contribution in [0.25, 0.3) is 82.0 Å². The van der Waals surface area contributed by atoms with Crippen LogP contribution >= 0.6 is 0 Å². The number of hydrogen-bond donors (Lipinski definition) is 0. The molecule has 0 aromatic heterocycles. The normalized spacial score (nSPS) is 12.1. The average molecular weight is 1150 g/mol. The van der Waals surface area contributed by atoms with Gasteiger partial charge in [-0.25, -0.2) is 0 Å². The SMILES string of the molecule is C=C/C=C(\C=C)c1ccc(N(c2cc[c]([Ge]([CH3])([CH3])[CH3])cc2)c2ccc3c(-c4ccc5ccccc5c4)c4cc(N(c5ccc(-c6ccccc6)cc5)c5cc[c]([Ge]([CH3])([CH3])[CH3])cc5)ccc4c(-c4ccc5ccccc5c4)c3c2)cc1. The predicted molar refractivity (Wildman–Crippen MR) is 356 cm³/mol. The van der Waals surface area contributed by atoms with Gasteiger partial charge in [0.25, 0.3) is 0 Å². The van der Waals surface area contributed by atoms with Crippen molar-refractivity contribution in [1.82, 2.24) is 0 Å². The number of anilines is 6. The predicted octanol–water partition coefficient (Wildman–Crippen LogP) is 21.1. The zero-order valence-electron chi connectivity index (χ0n) is 46.7. The Bertz CT molecular complexity index is 4310. The third kappa shape index (κ3) is 10.3. The van der Waals surface area contributed by atoms with E-state index in [4.69, 9.17) is 0 Å². The molecule has 0 unspecified atom stereocenters. The maximum absolute atomic E-state index is 4.12. The van der Waals surface area contributed by atoms with Crippen molar-refractivity contribution in [3.63, 3.8) is 0 Å². The van der Waals surface area contributed by atoms with E-state index in [1.807, 2.05) is 18.2 Å². The summed E-state index contributed by atoms with van der Waals surface area (Å²) >= 11 is -4.27. The Hall–Kier alpha value is -8.41. The van der Waals surface area contributed by atoms with Crippen molar-refractivity contribution < 1.29 is 0 Å². The number of rotatable bonds is 14. The Balaban J connectivity index is 1.15. The molecule has 4 heteroatoms. The molecule has 0 saturated carbocycles. The standard InChI is InChI=1S/C76H66Ge2N2/c1-9-18-53(10-2)57-29-37-65(38-30-57)79(67-41-33-63(34-42-67)77(3,4)5)69-45-47-71-73(51-69)75(61-27-25-55-21-14-16-23-59(55)49-61)72-48-46-70(52-74(72)76(71)62-28-26-56-22-15-17-24-60(56)50-62)80(68-43-35-64(36-44-68)78(6,7)8)66-39-31-58(32-40-66)54-19-12-11-13-20-54/h9-52H,1-2H2,3-8H3/b53-18+. The molecule has 0 amide bonds. The molecule has 0 aliphatic rings. The topological polar surface area (TPSA) is 6.48 Å². The second-order valence-electron chi connectivity index (χ2n) is 23.1. The van der Waals surface area contributed by atoms with Gasteiger partial charge in [0.15, 0.2) is 0 Å². The van der Waals surface area contributed by atoms with E-state index in [2.05, 4.69) is 306 Å². The zero-order valence-corrected chi connectivity index (χ0v) is 50.9. The molecular weight excluding hydrogens is 1090 g/mol. The Morgan fingerprint density at radius 1 is 0.325 bits per heavy atom. The molecule has 0 saturated heterocycles. The van der Waals surface area contributed by atoms with Crippen molar-refractivity contribution in [1.29, 1.82) is 0 Å². The third-order valence-electron chi connectivity index (χ3n) is 15.9. The van der Waals surface area contributed by atoms with Gasteiger partial charge < -0.3 is 0 Å². The van der Waals surface area contributed by atoms with Crippen molar-refractivity contribution in [3.8, 4) is 33.4 Å². The maximum atomic E-state index is 4.12. The number of allylic oxidation sites excluding steroid dienone is 4. The molecule has 0 N–H and O–H groups in total. The number of benzene rings is 12. The molecule has 0 spiro atoms. The van der Waals surface area contributed by atoms with Gasteiger partial charge in [-0.1, -0.05) is 61.2 Å². The van der Waals surface area contributed by atoms with Gasteiger partial charge in [-0.15, -0.1) is 0 Å². The van der Waals surface area contributed by atoms with Crippen LogP contribution in [0.4, 0.5) is 34.1 Å². The van der Waals surface area contributed by atoms with Crippen LogP contribution in [-0.2, 0) is 0 Å². The molecule has 0 heterocycles. The molecule has 388 valence electrons. The Kier molecular flexibility index (Phi) is 14.2. The third-order valence-corrected chi connectivity index (χ3v) is 24.5. The zero-order chi connectivity index (χ0) is 55.1. The molecule has 0 bridgehead atoms. The first-order valence-electron chi connectivity index (χ1n) is 27.9. The van der Waals surface area contributed by atoms with Gasteiger partial charge in [0, 0.05) is 0 Å². The van der Waals surface area contributed by atoms with Crippen molar-refractivity contribution in [2.45, 2.75) is 34.5 Å². The molecule has 80 heavy (non-hydrogen) atoms. The van der Waals surface area contributed by atoms with Gasteiger partial charge >= 0.3 is 410 Å². The quantitative estimate of drug-likeness (QED) is 0.0608. The Morgan fingerprint density at radius 3 is 1.10 bits per heavy atom. The minimum absolute atomic E-state index is 1.03. The van der Waals surface area contributed by atoms with E-state index in [1.165, 1.54) is 85.3 Å². The Morgan fingerprint density at radius 2 is 0.688 bits per heavy atom. The van der Waals surface area contributed by atoms with Gasteiger partial charge in [-0.3, -0.25) is 0 Å². The molecule has 2 nitrogen and oxygen atoms in total. The summed E-state index contributed by atoms with van der Waals surface area (Å²) in [6, 6.07) is 93.3. The molecule has 0 fully saturated rings. The van der Waals surface area contributed by atoms with Crippen LogP contribution in [0.1, 0.15) is 5.56 Å². The summed E-state index contributed by atoms with van der Waals surface area (Å²) in [6.07, 6.45) is 5.74. The first kappa shape index (κ1) is 52.3. The summed E-state index contributed by atoms with van der Waals surface area (Å²) in [5.41, 5.74) is 15.9. The first-order chi connectivity index (χ1) is 38.8. The van der Waals surface area contributed by atoms with Crippen LogP contribution in [-0.4, -0.2) is 26.5 Å². The number of hydrogen-bond acceptors (Lipinski definition) is 2. The number of nitrogens with zero attached hydrogens (tertiary/aromatic N) is 2. The number of fused-ring (bicyclic) bond motifs is 4. The van der Waals surface area contributed by atoms with Crippen molar-refractivity contribution >= 4 is 118 Å². The van der Waals surface area contributed by atoms with Crippen LogP contribution < -0.4 is 18.6 Å². The second kappa shape index (κ2) is 21.7. The molecule has 12 rings (SSSR count). The van der Waals surface area contributed by atoms with Gasteiger partial charge in [-0.05, 0) is 10.8 Å². The van der Waals surface area contributed by atoms with Crippen molar-refractivity contribution in [2.24, 2.45) is 0 Å². The van der Waals surface area contributed by atoms with Gasteiger partial charge in [0.1, 0.15) is 0 Å². The molecule has 0 atom stereocenters. The molecule has 0 aliphatic heterocycles. The average Bonchev–Trinajstić information content (AvgIpc) is 3.58. The summed E-state index contributed by atoms with van der Waals surface area (Å²) < 4.78 is 2.96. The van der Waals surface area contributed by atoms with Gasteiger partial charge in [-0.2, -0.15) is 0 Å². The molecule has 12 aromatic carbocycles. The van der Waals surface area contributed by atoms with E-state index < -0.39 is 26.5 Å².